The van der Waals surface area contributed by atoms with Gasteiger partial charge in [0.05, 0.1) is 6.10 Å². The average Bonchev–Trinajstić information content (AvgIpc) is 2.96. The van der Waals surface area contributed by atoms with E-state index < -0.39 is 0 Å². The summed E-state index contributed by atoms with van der Waals surface area (Å²) >= 11 is 0. The SMILES string of the molecule is C[C@H](O)[C@H]1CN1CCc1ccccc1. The molecule has 2 heteroatoms. The lowest BCUT2D eigenvalue weighted by Gasteiger charge is -2.05. The van der Waals surface area contributed by atoms with Gasteiger partial charge in [0.1, 0.15) is 0 Å². The normalized spacial score (nSPS) is 27.3. The van der Waals surface area contributed by atoms with Crippen molar-refractivity contribution >= 4 is 0 Å². The van der Waals surface area contributed by atoms with Gasteiger partial charge >= 0.3 is 0 Å². The van der Waals surface area contributed by atoms with Crippen LogP contribution >= 0.6 is 0 Å². The molecular weight excluding hydrogens is 174 g/mol. The largest absolute Gasteiger partial charge is 0.392 e. The van der Waals surface area contributed by atoms with Crippen molar-refractivity contribution in [2.24, 2.45) is 0 Å². The van der Waals surface area contributed by atoms with Gasteiger partial charge in [-0.05, 0) is 18.9 Å². The van der Waals surface area contributed by atoms with Crippen LogP contribution in [0.5, 0.6) is 0 Å². The molecule has 0 bridgehead atoms. The summed E-state index contributed by atoms with van der Waals surface area (Å²) in [7, 11) is 0. The second-order valence-electron chi connectivity index (χ2n) is 4.04. The maximum absolute atomic E-state index is 9.32. The van der Waals surface area contributed by atoms with E-state index in [2.05, 4.69) is 29.2 Å². The fourth-order valence-corrected chi connectivity index (χ4v) is 1.83. The summed E-state index contributed by atoms with van der Waals surface area (Å²) in [6.07, 6.45) is 0.912. The van der Waals surface area contributed by atoms with E-state index in [1.54, 1.807) is 0 Å². The monoisotopic (exact) mass is 191 g/mol. The summed E-state index contributed by atoms with van der Waals surface area (Å²) in [6.45, 7) is 4.00. The molecule has 1 unspecified atom stereocenters. The second kappa shape index (κ2) is 4.11. The minimum absolute atomic E-state index is 0.175. The van der Waals surface area contributed by atoms with Crippen molar-refractivity contribution in [3.8, 4) is 0 Å². The molecule has 0 aliphatic carbocycles. The molecule has 14 heavy (non-hydrogen) atoms. The molecule has 0 radical (unpaired) electrons. The molecule has 0 aromatic heterocycles. The first-order chi connectivity index (χ1) is 6.77. The van der Waals surface area contributed by atoms with Crippen molar-refractivity contribution in [2.75, 3.05) is 13.1 Å². The lowest BCUT2D eigenvalue weighted by molar-refractivity contribution is 0.175. The lowest BCUT2D eigenvalue weighted by atomic mass is 10.1. The Morgan fingerprint density at radius 2 is 2.14 bits per heavy atom. The van der Waals surface area contributed by atoms with E-state index in [9.17, 15) is 5.11 Å². The maximum atomic E-state index is 9.32. The first kappa shape index (κ1) is 9.69. The van der Waals surface area contributed by atoms with E-state index in [1.807, 2.05) is 13.0 Å². The van der Waals surface area contributed by atoms with Crippen LogP contribution in [0.1, 0.15) is 12.5 Å². The molecule has 0 spiro atoms. The van der Waals surface area contributed by atoms with Crippen LogP contribution in [0.2, 0.25) is 0 Å². The predicted molar refractivity (Wildman–Crippen MR) is 57.2 cm³/mol. The Bertz CT molecular complexity index is 284. The van der Waals surface area contributed by atoms with Crippen LogP contribution in [0.15, 0.2) is 30.3 Å². The quantitative estimate of drug-likeness (QED) is 0.725. The standard InChI is InChI=1S/C12H17NO/c1-10(14)12-9-13(12)8-7-11-5-3-2-4-6-11/h2-6,10,12,14H,7-9H2,1H3/t10-,12+,13?/m0/s1. The highest BCUT2D eigenvalue weighted by molar-refractivity contribution is 5.15. The predicted octanol–water partition coefficient (Wildman–Crippen LogP) is 1.29. The lowest BCUT2D eigenvalue weighted by Crippen LogP contribution is -2.16. The van der Waals surface area contributed by atoms with Gasteiger partial charge in [-0.3, -0.25) is 4.90 Å². The molecule has 0 saturated carbocycles. The van der Waals surface area contributed by atoms with Crippen LogP contribution in [0.25, 0.3) is 0 Å². The fourth-order valence-electron chi connectivity index (χ4n) is 1.83. The number of rotatable bonds is 4. The van der Waals surface area contributed by atoms with Gasteiger partial charge in [-0.1, -0.05) is 30.3 Å². The van der Waals surface area contributed by atoms with Gasteiger partial charge in [-0.25, -0.2) is 0 Å². The van der Waals surface area contributed by atoms with Crippen LogP contribution in [0, 0.1) is 0 Å². The van der Waals surface area contributed by atoms with Gasteiger partial charge in [-0.2, -0.15) is 0 Å². The molecule has 2 nitrogen and oxygen atoms in total. The first-order valence-electron chi connectivity index (χ1n) is 5.23. The van der Waals surface area contributed by atoms with E-state index in [0.717, 1.165) is 19.5 Å². The van der Waals surface area contributed by atoms with E-state index >= 15 is 0 Å². The highest BCUT2D eigenvalue weighted by atomic mass is 16.3. The van der Waals surface area contributed by atoms with Gasteiger partial charge in [0.25, 0.3) is 0 Å². The number of nitrogens with zero attached hydrogens (tertiary/aromatic N) is 1. The number of hydrogen-bond donors (Lipinski definition) is 1. The van der Waals surface area contributed by atoms with E-state index in [0.29, 0.717) is 6.04 Å². The zero-order chi connectivity index (χ0) is 9.97. The zero-order valence-electron chi connectivity index (χ0n) is 8.56. The Morgan fingerprint density at radius 3 is 2.71 bits per heavy atom. The first-order valence-corrected chi connectivity index (χ1v) is 5.23. The molecule has 1 aliphatic rings. The smallest absolute Gasteiger partial charge is 0.0679 e. The molecule has 1 aromatic carbocycles. The Balaban J connectivity index is 1.75. The Hall–Kier alpha value is -0.860. The molecule has 2 rings (SSSR count). The summed E-state index contributed by atoms with van der Waals surface area (Å²) in [5.41, 5.74) is 1.38. The fraction of sp³-hybridized carbons (Fsp3) is 0.500. The Kier molecular flexibility index (Phi) is 2.85. The van der Waals surface area contributed by atoms with Crippen LogP contribution in [-0.2, 0) is 6.42 Å². The Morgan fingerprint density at radius 1 is 1.43 bits per heavy atom. The highest BCUT2D eigenvalue weighted by Gasteiger charge is 2.36. The van der Waals surface area contributed by atoms with E-state index in [1.165, 1.54) is 5.56 Å². The van der Waals surface area contributed by atoms with Crippen molar-refractivity contribution in [2.45, 2.75) is 25.5 Å². The minimum Gasteiger partial charge on any atom is -0.392 e. The third kappa shape index (κ3) is 2.34. The molecule has 1 saturated heterocycles. The molecule has 0 amide bonds. The van der Waals surface area contributed by atoms with Crippen molar-refractivity contribution in [1.82, 2.24) is 4.90 Å². The van der Waals surface area contributed by atoms with Crippen molar-refractivity contribution < 1.29 is 5.11 Å². The topological polar surface area (TPSA) is 23.2 Å². The average molecular weight is 191 g/mol. The number of aliphatic hydroxyl groups is 1. The maximum Gasteiger partial charge on any atom is 0.0679 e. The van der Waals surface area contributed by atoms with Crippen LogP contribution < -0.4 is 0 Å². The van der Waals surface area contributed by atoms with E-state index in [-0.39, 0.29) is 6.10 Å². The van der Waals surface area contributed by atoms with Gasteiger partial charge in [-0.15, -0.1) is 0 Å². The minimum atomic E-state index is -0.175. The third-order valence-electron chi connectivity index (χ3n) is 2.84. The van der Waals surface area contributed by atoms with Gasteiger partial charge < -0.3 is 5.11 Å². The van der Waals surface area contributed by atoms with Gasteiger partial charge in [0, 0.05) is 19.1 Å². The molecule has 1 heterocycles. The van der Waals surface area contributed by atoms with Crippen LogP contribution in [-0.4, -0.2) is 35.2 Å². The molecular formula is C12H17NO. The number of benzene rings is 1. The van der Waals surface area contributed by atoms with Gasteiger partial charge in [0.15, 0.2) is 0 Å². The van der Waals surface area contributed by atoms with Crippen molar-refractivity contribution in [3.63, 3.8) is 0 Å². The van der Waals surface area contributed by atoms with Crippen LogP contribution in [0.4, 0.5) is 0 Å². The molecule has 1 aliphatic heterocycles. The van der Waals surface area contributed by atoms with Crippen molar-refractivity contribution in [3.05, 3.63) is 35.9 Å². The Labute approximate surface area is 85.2 Å². The summed E-state index contributed by atoms with van der Waals surface area (Å²) in [5.74, 6) is 0. The van der Waals surface area contributed by atoms with Gasteiger partial charge in [0.2, 0.25) is 0 Å². The van der Waals surface area contributed by atoms with Crippen molar-refractivity contribution in [1.29, 1.82) is 0 Å². The highest BCUT2D eigenvalue weighted by Crippen LogP contribution is 2.20. The third-order valence-corrected chi connectivity index (χ3v) is 2.84. The molecule has 76 valence electrons. The zero-order valence-corrected chi connectivity index (χ0v) is 8.56. The molecule has 1 N–H and O–H groups in total. The molecule has 1 aromatic rings. The number of aliphatic hydroxyl groups excluding tert-OH is 1. The summed E-state index contributed by atoms with van der Waals surface area (Å²) in [5, 5.41) is 9.32. The van der Waals surface area contributed by atoms with E-state index in [4.69, 9.17) is 0 Å². The summed E-state index contributed by atoms with van der Waals surface area (Å²) in [6, 6.07) is 10.9. The second-order valence-corrected chi connectivity index (χ2v) is 4.04. The molecule has 1 fully saturated rings. The number of hydrogen-bond acceptors (Lipinski definition) is 2. The molecule has 3 atom stereocenters. The summed E-state index contributed by atoms with van der Waals surface area (Å²) in [4.78, 5) is 2.32. The summed E-state index contributed by atoms with van der Waals surface area (Å²) < 4.78 is 0. The van der Waals surface area contributed by atoms with Crippen LogP contribution in [0.3, 0.4) is 0 Å².